The van der Waals surface area contributed by atoms with Crippen molar-refractivity contribution in [2.45, 2.75) is 31.6 Å². The van der Waals surface area contributed by atoms with E-state index in [0.717, 1.165) is 39.0 Å². The van der Waals surface area contributed by atoms with E-state index in [1.165, 1.54) is 35.1 Å². The Bertz CT molecular complexity index is 1400. The first kappa shape index (κ1) is 22.3. The van der Waals surface area contributed by atoms with Crippen molar-refractivity contribution in [2.75, 3.05) is 31.1 Å². The van der Waals surface area contributed by atoms with Crippen LogP contribution in [0.15, 0.2) is 47.3 Å². The van der Waals surface area contributed by atoms with Crippen LogP contribution in [0.25, 0.3) is 21.9 Å². The summed E-state index contributed by atoms with van der Waals surface area (Å²) in [7, 11) is 0. The molecule has 2 saturated heterocycles. The average Bonchev–Trinajstić information content (AvgIpc) is 3.49. The molecule has 1 spiro atoms. The summed E-state index contributed by atoms with van der Waals surface area (Å²) >= 11 is 6.69. The van der Waals surface area contributed by atoms with Crippen LogP contribution in [0.2, 0.25) is 5.02 Å². The number of aromatic nitrogens is 2. The van der Waals surface area contributed by atoms with Crippen molar-refractivity contribution in [2.24, 2.45) is 5.41 Å². The molecule has 3 aromatic rings. The van der Waals surface area contributed by atoms with Gasteiger partial charge in [-0.05, 0) is 61.9 Å². The van der Waals surface area contributed by atoms with Crippen LogP contribution < -0.4 is 15.8 Å². The van der Waals surface area contributed by atoms with Gasteiger partial charge in [-0.2, -0.15) is 0 Å². The molecule has 1 aromatic heterocycles. The molecule has 2 aliphatic heterocycles. The minimum atomic E-state index is -0.643. The third kappa shape index (κ3) is 3.91. The minimum absolute atomic E-state index is 0.0687. The van der Waals surface area contributed by atoms with Gasteiger partial charge in [0.1, 0.15) is 16.7 Å². The molecule has 6 nitrogen and oxygen atoms in total. The molecule has 3 fully saturated rings. The molecule has 3 aliphatic rings. The number of benzene rings is 2. The Kier molecular flexibility index (Phi) is 5.39. The summed E-state index contributed by atoms with van der Waals surface area (Å²) in [5, 5.41) is 3.51. The lowest BCUT2D eigenvalue weighted by atomic mass is 9.87. The SMILES string of the molecule is [C-]#[N+]c1ccc(-c2nc(N3CCC4(CCNC4)C3)c(Cl)c(=O)n2-c2ccc(C3CC3)cc2)cc1F. The summed E-state index contributed by atoms with van der Waals surface area (Å²) in [5.74, 6) is 0.702. The van der Waals surface area contributed by atoms with Crippen LogP contribution in [0.5, 0.6) is 0 Å². The second-order valence-corrected chi connectivity index (χ2v) is 10.3. The highest BCUT2D eigenvalue weighted by molar-refractivity contribution is 6.32. The summed E-state index contributed by atoms with van der Waals surface area (Å²) in [6.45, 7) is 10.6. The van der Waals surface area contributed by atoms with Gasteiger partial charge in [0.2, 0.25) is 5.69 Å². The fourth-order valence-electron chi connectivity index (χ4n) is 5.44. The molecule has 1 unspecified atom stereocenters. The molecule has 0 amide bonds. The van der Waals surface area contributed by atoms with Crippen molar-refractivity contribution in [1.29, 1.82) is 0 Å². The molecule has 178 valence electrons. The lowest BCUT2D eigenvalue weighted by Crippen LogP contribution is -2.32. The van der Waals surface area contributed by atoms with Crippen LogP contribution in [0.1, 0.15) is 37.2 Å². The highest BCUT2D eigenvalue weighted by Gasteiger charge is 2.41. The van der Waals surface area contributed by atoms with E-state index >= 15 is 0 Å². The van der Waals surface area contributed by atoms with Crippen molar-refractivity contribution in [3.63, 3.8) is 0 Å². The molecular formula is C27H25ClFN5O. The van der Waals surface area contributed by atoms with Crippen molar-refractivity contribution in [1.82, 2.24) is 14.9 Å². The monoisotopic (exact) mass is 489 g/mol. The predicted molar refractivity (Wildman–Crippen MR) is 135 cm³/mol. The summed E-state index contributed by atoms with van der Waals surface area (Å²) in [5.41, 5.74) is 2.02. The number of rotatable bonds is 4. The van der Waals surface area contributed by atoms with Crippen molar-refractivity contribution >= 4 is 23.1 Å². The van der Waals surface area contributed by atoms with E-state index in [4.69, 9.17) is 23.2 Å². The van der Waals surface area contributed by atoms with E-state index in [1.807, 2.05) is 24.3 Å². The Labute approximate surface area is 208 Å². The number of nitrogens with zero attached hydrogens (tertiary/aromatic N) is 4. The maximum atomic E-state index is 14.6. The van der Waals surface area contributed by atoms with Gasteiger partial charge in [0.05, 0.1) is 12.3 Å². The van der Waals surface area contributed by atoms with E-state index in [1.54, 1.807) is 6.07 Å². The average molecular weight is 490 g/mol. The molecule has 1 atom stereocenters. The lowest BCUT2D eigenvalue weighted by Gasteiger charge is -2.25. The highest BCUT2D eigenvalue weighted by Crippen LogP contribution is 2.41. The number of anilines is 1. The van der Waals surface area contributed by atoms with Gasteiger partial charge < -0.3 is 10.2 Å². The summed E-state index contributed by atoms with van der Waals surface area (Å²) in [4.78, 5) is 23.9. The van der Waals surface area contributed by atoms with E-state index in [2.05, 4.69) is 15.1 Å². The van der Waals surface area contributed by atoms with Gasteiger partial charge in [0.15, 0.2) is 5.82 Å². The van der Waals surface area contributed by atoms with Crippen molar-refractivity contribution in [3.05, 3.63) is 80.6 Å². The zero-order valence-corrected chi connectivity index (χ0v) is 20.0. The van der Waals surface area contributed by atoms with E-state index < -0.39 is 5.82 Å². The second kappa shape index (κ2) is 8.47. The quantitative estimate of drug-likeness (QED) is 0.505. The maximum Gasteiger partial charge on any atom is 0.279 e. The van der Waals surface area contributed by atoms with Crippen LogP contribution in [0.3, 0.4) is 0 Å². The summed E-state index contributed by atoms with van der Waals surface area (Å²) in [6, 6.07) is 12.2. The summed E-state index contributed by atoms with van der Waals surface area (Å²) in [6.07, 6.45) is 4.47. The molecule has 8 heteroatoms. The molecule has 1 saturated carbocycles. The third-order valence-electron chi connectivity index (χ3n) is 7.61. The zero-order chi connectivity index (χ0) is 24.2. The number of halogens is 2. The van der Waals surface area contributed by atoms with Gasteiger partial charge in [-0.3, -0.25) is 9.36 Å². The van der Waals surface area contributed by atoms with Crippen LogP contribution >= 0.6 is 11.6 Å². The Morgan fingerprint density at radius 1 is 1.17 bits per heavy atom. The second-order valence-electron chi connectivity index (χ2n) is 9.96. The highest BCUT2D eigenvalue weighted by atomic mass is 35.5. The molecule has 0 radical (unpaired) electrons. The van der Waals surface area contributed by atoms with Crippen LogP contribution in [-0.2, 0) is 0 Å². The largest absolute Gasteiger partial charge is 0.355 e. The standard InChI is InChI=1S/C27H25ClFN5O/c1-30-22-9-6-19(14-21(22)29)24-32-25(33-13-11-27(16-33)10-12-31-15-27)23(28)26(35)34(24)20-7-4-18(5-8-20)17-2-3-17/h4-9,14,17,31H,2-3,10-13,15-16H2. The summed E-state index contributed by atoms with van der Waals surface area (Å²) < 4.78 is 16.1. The minimum Gasteiger partial charge on any atom is -0.355 e. The third-order valence-corrected chi connectivity index (χ3v) is 7.94. The van der Waals surface area contributed by atoms with Crippen LogP contribution in [0, 0.1) is 17.8 Å². The van der Waals surface area contributed by atoms with Gasteiger partial charge >= 0.3 is 0 Å². The lowest BCUT2D eigenvalue weighted by molar-refractivity contribution is 0.369. The zero-order valence-electron chi connectivity index (χ0n) is 19.2. The number of hydrogen-bond donors (Lipinski definition) is 1. The molecule has 1 aliphatic carbocycles. The van der Waals surface area contributed by atoms with Gasteiger partial charge in [0, 0.05) is 30.6 Å². The first-order valence-corrected chi connectivity index (χ1v) is 12.4. The van der Waals surface area contributed by atoms with Crippen molar-refractivity contribution in [3.8, 4) is 17.1 Å². The fourth-order valence-corrected chi connectivity index (χ4v) is 5.69. The van der Waals surface area contributed by atoms with Crippen LogP contribution in [0.4, 0.5) is 15.9 Å². The maximum absolute atomic E-state index is 14.6. The molecule has 2 aromatic carbocycles. The molecule has 3 heterocycles. The first-order valence-electron chi connectivity index (χ1n) is 12.0. The molecule has 1 N–H and O–H groups in total. The van der Waals surface area contributed by atoms with Crippen LogP contribution in [-0.4, -0.2) is 35.7 Å². The van der Waals surface area contributed by atoms with Gasteiger partial charge in [-0.25, -0.2) is 14.2 Å². The Balaban J connectivity index is 1.50. The predicted octanol–water partition coefficient (Wildman–Crippen LogP) is 5.31. The number of nitrogens with one attached hydrogen (secondary N) is 1. The number of hydrogen-bond acceptors (Lipinski definition) is 4. The fraction of sp³-hybridized carbons (Fsp3) is 0.370. The van der Waals surface area contributed by atoms with E-state index in [0.29, 0.717) is 28.8 Å². The van der Waals surface area contributed by atoms with Gasteiger partial charge in [-0.1, -0.05) is 35.9 Å². The van der Waals surface area contributed by atoms with Gasteiger partial charge in [0.25, 0.3) is 5.56 Å². The first-order chi connectivity index (χ1) is 17.0. The Morgan fingerprint density at radius 3 is 2.63 bits per heavy atom. The Hall–Kier alpha value is -3.21. The normalized spacial score (nSPS) is 21.6. The molecular weight excluding hydrogens is 465 g/mol. The van der Waals surface area contributed by atoms with E-state index in [-0.39, 0.29) is 21.7 Å². The van der Waals surface area contributed by atoms with Crippen molar-refractivity contribution < 1.29 is 4.39 Å². The molecule has 0 bridgehead atoms. The Morgan fingerprint density at radius 2 is 1.97 bits per heavy atom. The van der Waals surface area contributed by atoms with E-state index in [9.17, 15) is 9.18 Å². The topological polar surface area (TPSA) is 54.5 Å². The smallest absolute Gasteiger partial charge is 0.279 e. The molecule has 35 heavy (non-hydrogen) atoms. The molecule has 6 rings (SSSR count). The van der Waals surface area contributed by atoms with Gasteiger partial charge in [-0.15, -0.1) is 0 Å².